The second-order valence-corrected chi connectivity index (χ2v) is 5.19. The zero-order chi connectivity index (χ0) is 15.1. The van der Waals surface area contributed by atoms with Gasteiger partial charge in [-0.2, -0.15) is 6.08 Å². The van der Waals surface area contributed by atoms with Crippen LogP contribution in [-0.2, 0) is 21.7 Å². The first kappa shape index (κ1) is 22.2. The van der Waals surface area contributed by atoms with Crippen molar-refractivity contribution in [3.8, 4) is 5.75 Å². The Bertz CT molecular complexity index is 433. The van der Waals surface area contributed by atoms with E-state index in [1.165, 1.54) is 5.57 Å². The van der Waals surface area contributed by atoms with Gasteiger partial charge in [-0.3, -0.25) is 6.08 Å². The predicted octanol–water partition coefficient (Wildman–Crippen LogP) is 4.98. The zero-order valence-electron chi connectivity index (χ0n) is 13.2. The Hall–Kier alpha value is -1.09. The smallest absolute Gasteiger partial charge is 0.126 e. The number of hydrogen-bond donors (Lipinski definition) is 0. The third-order valence-electron chi connectivity index (χ3n) is 2.03. The second-order valence-electron chi connectivity index (χ2n) is 4.04. The van der Waals surface area contributed by atoms with Gasteiger partial charge in [-0.15, -0.1) is 6.42 Å². The SMILES string of the molecule is C=CC=COc1ccccc1.CC1=[C-]CC=C1.C[SiH]C.[Ti]. The fourth-order valence-corrected chi connectivity index (χ4v) is 1.19. The average Bonchev–Trinajstić information content (AvgIpc) is 2.93. The molecule has 1 aromatic carbocycles. The van der Waals surface area contributed by atoms with Crippen molar-refractivity contribution in [2.75, 3.05) is 0 Å². The molecule has 1 aliphatic carbocycles. The third kappa shape index (κ3) is 15.1. The van der Waals surface area contributed by atoms with Crippen molar-refractivity contribution in [2.45, 2.75) is 26.4 Å². The molecule has 1 aliphatic rings. The molecule has 0 unspecified atom stereocenters. The van der Waals surface area contributed by atoms with E-state index in [-0.39, 0.29) is 21.7 Å². The van der Waals surface area contributed by atoms with Gasteiger partial charge in [-0.25, -0.2) is 11.6 Å². The normalized spacial score (nSPS) is 11.3. The quantitative estimate of drug-likeness (QED) is 0.328. The Labute approximate surface area is 147 Å². The van der Waals surface area contributed by atoms with E-state index < -0.39 is 0 Å². The number of allylic oxidation sites excluding steroid dienone is 6. The first-order valence-electron chi connectivity index (χ1n) is 6.71. The molecule has 0 atom stereocenters. The Kier molecular flexibility index (Phi) is 17.9. The molecular formula is C18H24OSiTi-. The molecule has 21 heavy (non-hydrogen) atoms. The molecule has 1 radical (unpaired) electrons. The van der Waals surface area contributed by atoms with Gasteiger partial charge in [0.25, 0.3) is 0 Å². The first-order valence-corrected chi connectivity index (χ1v) is 9.02. The molecule has 0 saturated heterocycles. The third-order valence-corrected chi connectivity index (χ3v) is 2.03. The van der Waals surface area contributed by atoms with Gasteiger partial charge in [0.15, 0.2) is 0 Å². The molecule has 1 nitrogen and oxygen atoms in total. The van der Waals surface area contributed by atoms with E-state index in [0.29, 0.717) is 0 Å². The number of benzene rings is 1. The number of ether oxygens (including phenoxy) is 1. The van der Waals surface area contributed by atoms with Crippen LogP contribution in [0, 0.1) is 6.08 Å². The van der Waals surface area contributed by atoms with Crippen molar-refractivity contribution in [2.24, 2.45) is 0 Å². The van der Waals surface area contributed by atoms with E-state index in [2.05, 4.69) is 44.8 Å². The minimum atomic E-state index is 0. The largest absolute Gasteiger partial charge is 0.465 e. The minimum absolute atomic E-state index is 0. The van der Waals surface area contributed by atoms with Crippen molar-refractivity contribution in [3.05, 3.63) is 79.1 Å². The summed E-state index contributed by atoms with van der Waals surface area (Å²) in [7, 11) is 0.750. The van der Waals surface area contributed by atoms with Gasteiger partial charge in [0.1, 0.15) is 5.75 Å². The molecule has 0 amide bonds. The Morgan fingerprint density at radius 1 is 1.24 bits per heavy atom. The predicted molar refractivity (Wildman–Crippen MR) is 91.5 cm³/mol. The summed E-state index contributed by atoms with van der Waals surface area (Å²) in [6, 6.07) is 9.60. The maximum absolute atomic E-state index is 5.19. The monoisotopic (exact) mass is 332 g/mol. The van der Waals surface area contributed by atoms with Crippen molar-refractivity contribution in [3.63, 3.8) is 0 Å². The standard InChI is InChI=1S/C10H10O.C6H7.C2H7Si.Ti/c1-2-3-9-11-10-7-5-4-6-8-10;1-6-4-2-3-5-6;1-3-2;/h2-9H,1H2;2,4H,3H2,1H3;3H,1-2H3;/q;-1;;. The van der Waals surface area contributed by atoms with Crippen LogP contribution in [0.3, 0.4) is 0 Å². The van der Waals surface area contributed by atoms with E-state index in [9.17, 15) is 0 Å². The van der Waals surface area contributed by atoms with Crippen LogP contribution in [0.4, 0.5) is 0 Å². The van der Waals surface area contributed by atoms with Crippen LogP contribution in [-0.4, -0.2) is 9.52 Å². The molecule has 0 fully saturated rings. The zero-order valence-corrected chi connectivity index (χ0v) is 15.9. The van der Waals surface area contributed by atoms with Crippen molar-refractivity contribution in [1.29, 1.82) is 0 Å². The maximum Gasteiger partial charge on any atom is 0.126 e. The van der Waals surface area contributed by atoms with Gasteiger partial charge in [0.05, 0.1) is 6.26 Å². The van der Waals surface area contributed by atoms with Gasteiger partial charge in [-0.1, -0.05) is 50.9 Å². The molecule has 0 bridgehead atoms. The van der Waals surface area contributed by atoms with Crippen LogP contribution in [0.2, 0.25) is 13.1 Å². The van der Waals surface area contributed by atoms with Crippen molar-refractivity contribution < 1.29 is 26.5 Å². The van der Waals surface area contributed by atoms with Crippen LogP contribution in [0.5, 0.6) is 5.75 Å². The molecule has 111 valence electrons. The molecular weight excluding hydrogens is 308 g/mol. The Morgan fingerprint density at radius 2 is 1.86 bits per heavy atom. The molecule has 0 heterocycles. The molecule has 3 heteroatoms. The van der Waals surface area contributed by atoms with Crippen LogP contribution in [0.1, 0.15) is 13.3 Å². The molecule has 0 aliphatic heterocycles. The van der Waals surface area contributed by atoms with Crippen molar-refractivity contribution in [1.82, 2.24) is 0 Å². The van der Waals surface area contributed by atoms with Crippen LogP contribution in [0.25, 0.3) is 0 Å². The van der Waals surface area contributed by atoms with Crippen LogP contribution < -0.4 is 4.74 Å². The fourth-order valence-electron chi connectivity index (χ4n) is 1.19. The molecule has 0 aromatic heterocycles. The Morgan fingerprint density at radius 3 is 2.24 bits per heavy atom. The number of hydrogen-bond acceptors (Lipinski definition) is 1. The molecule has 0 N–H and O–H groups in total. The van der Waals surface area contributed by atoms with Gasteiger partial charge in [-0.05, 0) is 18.2 Å². The Balaban J connectivity index is 0. The van der Waals surface area contributed by atoms with E-state index >= 15 is 0 Å². The van der Waals surface area contributed by atoms with Gasteiger partial charge >= 0.3 is 0 Å². The summed E-state index contributed by atoms with van der Waals surface area (Å²) in [4.78, 5) is 0. The van der Waals surface area contributed by atoms with Crippen LogP contribution in [0.15, 0.2) is 73.1 Å². The summed E-state index contributed by atoms with van der Waals surface area (Å²) in [6.07, 6.45) is 13.3. The molecule has 2 rings (SSSR count). The summed E-state index contributed by atoms with van der Waals surface area (Å²) >= 11 is 0. The minimum Gasteiger partial charge on any atom is -0.465 e. The molecule has 0 saturated carbocycles. The number of para-hydroxylation sites is 1. The summed E-state index contributed by atoms with van der Waals surface area (Å²) in [6.45, 7) is 10.0. The van der Waals surface area contributed by atoms with E-state index in [4.69, 9.17) is 4.74 Å². The summed E-state index contributed by atoms with van der Waals surface area (Å²) in [5, 5.41) is 0. The first-order chi connectivity index (χ1) is 9.74. The van der Waals surface area contributed by atoms with E-state index in [1.54, 1.807) is 18.4 Å². The van der Waals surface area contributed by atoms with Crippen molar-refractivity contribution >= 4 is 9.52 Å². The number of rotatable bonds is 3. The summed E-state index contributed by atoms with van der Waals surface area (Å²) in [5.74, 6) is 0.839. The van der Waals surface area contributed by atoms with Gasteiger partial charge < -0.3 is 4.74 Å². The summed E-state index contributed by atoms with van der Waals surface area (Å²) < 4.78 is 5.19. The van der Waals surface area contributed by atoms with Crippen LogP contribution >= 0.6 is 0 Å². The molecule has 1 aromatic rings. The van der Waals surface area contributed by atoms with E-state index in [1.807, 2.05) is 30.3 Å². The van der Waals surface area contributed by atoms with E-state index in [0.717, 1.165) is 21.7 Å². The molecule has 0 spiro atoms. The maximum atomic E-state index is 5.19. The van der Waals surface area contributed by atoms with Gasteiger partial charge in [0.2, 0.25) is 0 Å². The fraction of sp³-hybridized carbons (Fsp3) is 0.222. The second kappa shape index (κ2) is 17.0. The van der Waals surface area contributed by atoms with Gasteiger partial charge in [0, 0.05) is 31.2 Å². The summed E-state index contributed by atoms with van der Waals surface area (Å²) in [5.41, 5.74) is 1.27. The average molecular weight is 332 g/mol. The topological polar surface area (TPSA) is 9.23 Å².